The second-order valence-electron chi connectivity index (χ2n) is 5.55. The van der Waals surface area contributed by atoms with Crippen LogP contribution in [0.5, 0.6) is 11.5 Å². The zero-order valence-electron chi connectivity index (χ0n) is 13.9. The third-order valence-electron chi connectivity index (χ3n) is 3.71. The van der Waals surface area contributed by atoms with Crippen LogP contribution in [0.2, 0.25) is 0 Å². The first-order valence-electron chi connectivity index (χ1n) is 7.93. The SMILES string of the molecule is CCOc1cc(/C=C2/SC(=O)N(Cc3ccc(F)cc3)C2=O)ccc1O. The standard InChI is InChI=1S/C19H16FNO4S/c1-2-25-16-9-13(5-8-15(16)22)10-17-18(23)21(19(24)26-17)11-12-3-6-14(20)7-4-12/h3-10,22H,2,11H2,1H3/b17-10+. The quantitative estimate of drug-likeness (QED) is 0.797. The van der Waals surface area contributed by atoms with Crippen molar-refractivity contribution in [1.82, 2.24) is 4.90 Å². The van der Waals surface area contributed by atoms with E-state index in [2.05, 4.69) is 0 Å². The summed E-state index contributed by atoms with van der Waals surface area (Å²) in [5, 5.41) is 9.36. The van der Waals surface area contributed by atoms with E-state index in [1.165, 1.54) is 30.3 Å². The Kier molecular flexibility index (Phi) is 5.27. The van der Waals surface area contributed by atoms with E-state index >= 15 is 0 Å². The lowest BCUT2D eigenvalue weighted by Gasteiger charge is -2.12. The van der Waals surface area contributed by atoms with Crippen LogP contribution in [0.1, 0.15) is 18.1 Å². The number of rotatable bonds is 5. The molecule has 1 aliphatic heterocycles. The van der Waals surface area contributed by atoms with Crippen molar-refractivity contribution >= 4 is 29.0 Å². The number of nitrogens with zero attached hydrogens (tertiary/aromatic N) is 1. The van der Waals surface area contributed by atoms with Crippen molar-refractivity contribution in [1.29, 1.82) is 0 Å². The molecule has 3 rings (SSSR count). The summed E-state index contributed by atoms with van der Waals surface area (Å²) in [5.41, 5.74) is 1.30. The summed E-state index contributed by atoms with van der Waals surface area (Å²) >= 11 is 0.844. The fourth-order valence-electron chi connectivity index (χ4n) is 2.45. The smallest absolute Gasteiger partial charge is 0.293 e. The van der Waals surface area contributed by atoms with Gasteiger partial charge in [0.15, 0.2) is 11.5 Å². The van der Waals surface area contributed by atoms with Gasteiger partial charge in [-0.1, -0.05) is 18.2 Å². The van der Waals surface area contributed by atoms with Crippen LogP contribution in [0.15, 0.2) is 47.4 Å². The number of hydrogen-bond acceptors (Lipinski definition) is 5. The van der Waals surface area contributed by atoms with Crippen LogP contribution >= 0.6 is 11.8 Å². The molecule has 1 fully saturated rings. The van der Waals surface area contributed by atoms with Crippen molar-refractivity contribution in [2.75, 3.05) is 6.61 Å². The molecule has 1 aliphatic rings. The Morgan fingerprint density at radius 3 is 2.62 bits per heavy atom. The van der Waals surface area contributed by atoms with Crippen LogP contribution < -0.4 is 4.74 Å². The minimum atomic E-state index is -0.407. The predicted octanol–water partition coefficient (Wildman–Crippen LogP) is 4.17. The highest BCUT2D eigenvalue weighted by molar-refractivity contribution is 8.18. The van der Waals surface area contributed by atoms with Crippen LogP contribution in [0, 0.1) is 5.82 Å². The van der Waals surface area contributed by atoms with Crippen LogP contribution in [-0.4, -0.2) is 27.8 Å². The van der Waals surface area contributed by atoms with E-state index in [1.807, 2.05) is 0 Å². The minimum absolute atomic E-state index is 0.00779. The zero-order valence-corrected chi connectivity index (χ0v) is 14.8. The summed E-state index contributed by atoms with van der Waals surface area (Å²) in [6.45, 7) is 2.28. The maximum Gasteiger partial charge on any atom is 0.293 e. The molecule has 26 heavy (non-hydrogen) atoms. The Hall–Kier alpha value is -2.80. The van der Waals surface area contributed by atoms with Crippen LogP contribution in [0.3, 0.4) is 0 Å². The number of thioether (sulfide) groups is 1. The van der Waals surface area contributed by atoms with Gasteiger partial charge < -0.3 is 9.84 Å². The second-order valence-corrected chi connectivity index (χ2v) is 6.55. The van der Waals surface area contributed by atoms with Gasteiger partial charge in [-0.15, -0.1) is 0 Å². The van der Waals surface area contributed by atoms with Crippen molar-refractivity contribution in [2.45, 2.75) is 13.5 Å². The highest BCUT2D eigenvalue weighted by atomic mass is 32.2. The van der Waals surface area contributed by atoms with Crippen molar-refractivity contribution in [3.8, 4) is 11.5 Å². The molecule has 7 heteroatoms. The molecule has 2 aromatic carbocycles. The number of phenols is 1. The molecule has 2 amide bonds. The normalized spacial score (nSPS) is 15.8. The lowest BCUT2D eigenvalue weighted by atomic mass is 10.1. The Balaban J connectivity index is 1.80. The first-order chi connectivity index (χ1) is 12.5. The Bertz CT molecular complexity index is 880. The van der Waals surface area contributed by atoms with Crippen molar-refractivity contribution in [3.05, 3.63) is 64.3 Å². The van der Waals surface area contributed by atoms with Gasteiger partial charge in [-0.3, -0.25) is 14.5 Å². The average molecular weight is 373 g/mol. The molecule has 0 atom stereocenters. The fraction of sp³-hybridized carbons (Fsp3) is 0.158. The Labute approximate surface area is 154 Å². The monoisotopic (exact) mass is 373 g/mol. The van der Waals surface area contributed by atoms with Gasteiger partial charge >= 0.3 is 0 Å². The number of benzene rings is 2. The third kappa shape index (κ3) is 3.88. The molecule has 2 aromatic rings. The summed E-state index contributed by atoms with van der Waals surface area (Å²) in [7, 11) is 0. The number of carbonyl (C=O) groups excluding carboxylic acids is 2. The number of halogens is 1. The van der Waals surface area contributed by atoms with Gasteiger partial charge in [-0.05, 0) is 60.2 Å². The maximum absolute atomic E-state index is 13.0. The summed E-state index contributed by atoms with van der Waals surface area (Å²) in [4.78, 5) is 26.1. The summed E-state index contributed by atoms with van der Waals surface area (Å²) in [6.07, 6.45) is 1.58. The zero-order chi connectivity index (χ0) is 18.7. The Morgan fingerprint density at radius 1 is 1.19 bits per heavy atom. The Morgan fingerprint density at radius 2 is 1.92 bits per heavy atom. The molecule has 0 bridgehead atoms. The molecular weight excluding hydrogens is 357 g/mol. The van der Waals surface area contributed by atoms with Crippen LogP contribution in [0.4, 0.5) is 9.18 Å². The molecule has 0 unspecified atom stereocenters. The van der Waals surface area contributed by atoms with E-state index in [-0.39, 0.29) is 28.3 Å². The molecular formula is C19H16FNO4S. The maximum atomic E-state index is 13.0. The highest BCUT2D eigenvalue weighted by Gasteiger charge is 2.35. The van der Waals surface area contributed by atoms with Gasteiger partial charge in [0.1, 0.15) is 5.82 Å². The van der Waals surface area contributed by atoms with Gasteiger partial charge in [0.05, 0.1) is 18.1 Å². The van der Waals surface area contributed by atoms with Crippen molar-refractivity contribution in [2.24, 2.45) is 0 Å². The van der Waals surface area contributed by atoms with E-state index in [1.54, 1.807) is 25.1 Å². The van der Waals surface area contributed by atoms with Gasteiger partial charge in [0.2, 0.25) is 0 Å². The summed E-state index contributed by atoms with van der Waals surface area (Å²) in [6, 6.07) is 10.4. The van der Waals surface area contributed by atoms with E-state index in [0.717, 1.165) is 16.7 Å². The number of ether oxygens (including phenoxy) is 1. The number of phenolic OH excluding ortho intramolecular Hbond substituents is 1. The molecule has 0 spiro atoms. The summed E-state index contributed by atoms with van der Waals surface area (Å²) < 4.78 is 18.3. The van der Waals surface area contributed by atoms with E-state index in [0.29, 0.717) is 23.5 Å². The molecule has 0 saturated carbocycles. The molecule has 0 aliphatic carbocycles. The molecule has 1 heterocycles. The number of amides is 2. The molecule has 134 valence electrons. The largest absolute Gasteiger partial charge is 0.504 e. The van der Waals surface area contributed by atoms with Gasteiger partial charge in [-0.2, -0.15) is 0 Å². The lowest BCUT2D eigenvalue weighted by Crippen LogP contribution is -2.27. The molecule has 1 saturated heterocycles. The van der Waals surface area contributed by atoms with E-state index < -0.39 is 5.91 Å². The summed E-state index contributed by atoms with van der Waals surface area (Å²) in [5.74, 6) is -0.462. The van der Waals surface area contributed by atoms with E-state index in [4.69, 9.17) is 4.74 Å². The number of hydrogen-bond donors (Lipinski definition) is 1. The fourth-order valence-corrected chi connectivity index (χ4v) is 3.29. The highest BCUT2D eigenvalue weighted by Crippen LogP contribution is 2.35. The van der Waals surface area contributed by atoms with Crippen molar-refractivity contribution in [3.63, 3.8) is 0 Å². The predicted molar refractivity (Wildman–Crippen MR) is 97.2 cm³/mol. The van der Waals surface area contributed by atoms with Crippen LogP contribution in [0.25, 0.3) is 6.08 Å². The molecule has 0 aromatic heterocycles. The third-order valence-corrected chi connectivity index (χ3v) is 4.62. The van der Waals surface area contributed by atoms with Gasteiger partial charge in [0, 0.05) is 0 Å². The lowest BCUT2D eigenvalue weighted by molar-refractivity contribution is -0.123. The number of carbonyl (C=O) groups is 2. The van der Waals surface area contributed by atoms with Gasteiger partial charge in [-0.25, -0.2) is 4.39 Å². The molecule has 5 nitrogen and oxygen atoms in total. The first kappa shape index (κ1) is 18.0. The average Bonchev–Trinajstić information content (AvgIpc) is 2.87. The number of aromatic hydroxyl groups is 1. The van der Waals surface area contributed by atoms with Crippen LogP contribution in [-0.2, 0) is 11.3 Å². The topological polar surface area (TPSA) is 66.8 Å². The molecule has 1 N–H and O–H groups in total. The van der Waals surface area contributed by atoms with Gasteiger partial charge in [0.25, 0.3) is 11.1 Å². The van der Waals surface area contributed by atoms with E-state index in [9.17, 15) is 19.1 Å². The number of imide groups is 1. The second kappa shape index (κ2) is 7.61. The van der Waals surface area contributed by atoms with Crippen molar-refractivity contribution < 1.29 is 23.8 Å². The molecule has 0 radical (unpaired) electrons. The minimum Gasteiger partial charge on any atom is -0.504 e. The first-order valence-corrected chi connectivity index (χ1v) is 8.75.